The molecule has 0 saturated heterocycles. The molecular formula is C14H11ClF2N2S. The predicted molar refractivity (Wildman–Crippen MR) is 74.2 cm³/mol. The lowest BCUT2D eigenvalue weighted by atomic mass is 10.3. The van der Waals surface area contributed by atoms with Gasteiger partial charge in [-0.3, -0.25) is 0 Å². The van der Waals surface area contributed by atoms with Crippen LogP contribution in [0.4, 0.5) is 8.78 Å². The topological polar surface area (TPSA) is 25.8 Å². The van der Waals surface area contributed by atoms with Crippen molar-refractivity contribution in [2.45, 2.75) is 35.6 Å². The molecule has 1 aromatic carbocycles. The summed E-state index contributed by atoms with van der Waals surface area (Å²) in [7, 11) is 0. The van der Waals surface area contributed by atoms with Gasteiger partial charge in [-0.1, -0.05) is 23.4 Å². The quantitative estimate of drug-likeness (QED) is 0.765. The van der Waals surface area contributed by atoms with Crippen molar-refractivity contribution in [3.05, 3.63) is 46.4 Å². The lowest BCUT2D eigenvalue weighted by molar-refractivity contribution is 0.565. The van der Waals surface area contributed by atoms with E-state index in [9.17, 15) is 8.78 Å². The molecule has 6 heteroatoms. The van der Waals surface area contributed by atoms with E-state index in [1.54, 1.807) is 6.92 Å². The number of hydrogen-bond donors (Lipinski definition) is 0. The van der Waals surface area contributed by atoms with Crippen LogP contribution >= 0.6 is 23.4 Å². The normalized spacial score (nSPS) is 14.6. The van der Waals surface area contributed by atoms with Gasteiger partial charge >= 0.3 is 0 Å². The van der Waals surface area contributed by atoms with Crippen molar-refractivity contribution in [1.82, 2.24) is 9.97 Å². The first-order valence-corrected chi connectivity index (χ1v) is 7.41. The summed E-state index contributed by atoms with van der Waals surface area (Å²) in [5, 5.41) is 1.02. The summed E-state index contributed by atoms with van der Waals surface area (Å²) in [4.78, 5) is 9.05. The highest BCUT2D eigenvalue weighted by molar-refractivity contribution is 7.99. The van der Waals surface area contributed by atoms with Gasteiger partial charge in [0.1, 0.15) is 27.6 Å². The van der Waals surface area contributed by atoms with E-state index in [0.717, 1.165) is 30.7 Å². The third kappa shape index (κ3) is 2.79. The summed E-state index contributed by atoms with van der Waals surface area (Å²) in [5.74, 6) is -0.115. The Morgan fingerprint density at radius 3 is 2.65 bits per heavy atom. The van der Waals surface area contributed by atoms with Gasteiger partial charge in [0.2, 0.25) is 0 Å². The average Bonchev–Trinajstić information content (AvgIpc) is 3.22. The van der Waals surface area contributed by atoms with Crippen LogP contribution in [0, 0.1) is 18.6 Å². The van der Waals surface area contributed by atoms with E-state index in [1.807, 2.05) is 0 Å². The second kappa shape index (κ2) is 5.30. The van der Waals surface area contributed by atoms with Crippen LogP contribution in [-0.2, 0) is 0 Å². The zero-order chi connectivity index (χ0) is 14.3. The number of nitrogens with zero attached hydrogens (tertiary/aromatic N) is 2. The Bertz CT molecular complexity index is 674. The largest absolute Gasteiger partial charge is 0.226 e. The molecule has 2 nitrogen and oxygen atoms in total. The minimum atomic E-state index is -0.600. The highest BCUT2D eigenvalue weighted by atomic mass is 35.5. The summed E-state index contributed by atoms with van der Waals surface area (Å²) in [6.07, 6.45) is 2.13. The molecular weight excluding hydrogens is 302 g/mol. The molecule has 20 heavy (non-hydrogen) atoms. The Kier molecular flexibility index (Phi) is 3.65. The van der Waals surface area contributed by atoms with Crippen molar-refractivity contribution in [3.63, 3.8) is 0 Å². The van der Waals surface area contributed by atoms with E-state index < -0.39 is 11.6 Å². The van der Waals surface area contributed by atoms with E-state index in [2.05, 4.69) is 9.97 Å². The number of rotatable bonds is 3. The Balaban J connectivity index is 1.97. The number of benzene rings is 1. The zero-order valence-electron chi connectivity index (χ0n) is 10.7. The van der Waals surface area contributed by atoms with Crippen molar-refractivity contribution < 1.29 is 8.78 Å². The molecule has 104 valence electrons. The fourth-order valence-electron chi connectivity index (χ4n) is 1.77. The molecule has 0 aliphatic heterocycles. The van der Waals surface area contributed by atoms with Gasteiger partial charge < -0.3 is 0 Å². The molecule has 1 aromatic heterocycles. The Hall–Kier alpha value is -1.20. The van der Waals surface area contributed by atoms with E-state index >= 15 is 0 Å². The van der Waals surface area contributed by atoms with Crippen LogP contribution in [0.2, 0.25) is 5.15 Å². The van der Waals surface area contributed by atoms with Crippen molar-refractivity contribution in [3.8, 4) is 0 Å². The summed E-state index contributed by atoms with van der Waals surface area (Å²) in [6.45, 7) is 1.79. The highest BCUT2D eigenvalue weighted by Gasteiger charge is 2.28. The fraction of sp³-hybridized carbons (Fsp3) is 0.286. The molecule has 1 heterocycles. The van der Waals surface area contributed by atoms with E-state index in [4.69, 9.17) is 11.6 Å². The smallest absolute Gasteiger partial charge is 0.140 e. The zero-order valence-corrected chi connectivity index (χ0v) is 12.2. The van der Waals surface area contributed by atoms with Gasteiger partial charge in [0.05, 0.1) is 0 Å². The Morgan fingerprint density at radius 1 is 1.25 bits per heavy atom. The molecule has 0 unspecified atom stereocenters. The van der Waals surface area contributed by atoms with Gasteiger partial charge in [0, 0.05) is 22.4 Å². The van der Waals surface area contributed by atoms with Crippen LogP contribution in [0.1, 0.15) is 30.1 Å². The van der Waals surface area contributed by atoms with Crippen LogP contribution in [0.25, 0.3) is 0 Å². The monoisotopic (exact) mass is 312 g/mol. The van der Waals surface area contributed by atoms with E-state index in [0.29, 0.717) is 32.4 Å². The maximum Gasteiger partial charge on any atom is 0.140 e. The third-order valence-corrected chi connectivity index (χ3v) is 4.61. The van der Waals surface area contributed by atoms with Crippen molar-refractivity contribution in [1.29, 1.82) is 0 Å². The molecule has 0 spiro atoms. The molecule has 0 radical (unpaired) electrons. The van der Waals surface area contributed by atoms with Crippen LogP contribution in [0.15, 0.2) is 28.1 Å². The van der Waals surface area contributed by atoms with Crippen molar-refractivity contribution >= 4 is 23.4 Å². The maximum atomic E-state index is 13.7. The fourth-order valence-corrected chi connectivity index (χ4v) is 2.89. The molecule has 0 amide bonds. The van der Waals surface area contributed by atoms with Crippen LogP contribution < -0.4 is 0 Å². The number of hydrogen-bond acceptors (Lipinski definition) is 3. The molecule has 1 fully saturated rings. The number of halogens is 3. The first-order chi connectivity index (χ1) is 9.54. The summed E-state index contributed by atoms with van der Waals surface area (Å²) >= 11 is 7.25. The van der Waals surface area contributed by atoms with Gasteiger partial charge in [-0.2, -0.15) is 0 Å². The van der Waals surface area contributed by atoms with Crippen molar-refractivity contribution in [2.24, 2.45) is 0 Å². The lowest BCUT2D eigenvalue weighted by Gasteiger charge is -2.09. The van der Waals surface area contributed by atoms with Gasteiger partial charge in [0.15, 0.2) is 0 Å². The molecule has 0 N–H and O–H groups in total. The van der Waals surface area contributed by atoms with E-state index in [1.165, 1.54) is 12.1 Å². The van der Waals surface area contributed by atoms with Crippen molar-refractivity contribution in [2.75, 3.05) is 0 Å². The average molecular weight is 313 g/mol. The first kappa shape index (κ1) is 13.8. The maximum absolute atomic E-state index is 13.7. The molecule has 1 aliphatic carbocycles. The van der Waals surface area contributed by atoms with Gasteiger partial charge in [-0.05, 0) is 31.9 Å². The molecule has 1 saturated carbocycles. The third-order valence-electron chi connectivity index (χ3n) is 3.10. The molecule has 3 rings (SSSR count). The molecule has 0 atom stereocenters. The van der Waals surface area contributed by atoms with Crippen LogP contribution in [-0.4, -0.2) is 9.97 Å². The Morgan fingerprint density at radius 2 is 2.00 bits per heavy atom. The van der Waals surface area contributed by atoms with Gasteiger partial charge in [-0.15, -0.1) is 0 Å². The minimum absolute atomic E-state index is 0.325. The van der Waals surface area contributed by atoms with Gasteiger partial charge in [-0.25, -0.2) is 18.7 Å². The summed E-state index contributed by atoms with van der Waals surface area (Å²) in [5.41, 5.74) is 0.713. The van der Waals surface area contributed by atoms with Gasteiger partial charge in [0.25, 0.3) is 0 Å². The Labute approximate surface area is 124 Å². The second-order valence-corrected chi connectivity index (χ2v) is 6.14. The van der Waals surface area contributed by atoms with Crippen LogP contribution in [0.5, 0.6) is 0 Å². The predicted octanol–water partition coefficient (Wildman–Crippen LogP) is 4.75. The molecule has 1 aliphatic rings. The summed E-state index contributed by atoms with van der Waals surface area (Å²) in [6, 6.07) is 3.50. The van der Waals surface area contributed by atoms with E-state index in [-0.39, 0.29) is 0 Å². The highest BCUT2D eigenvalue weighted by Crippen LogP contribution is 2.41. The second-order valence-electron chi connectivity index (χ2n) is 4.75. The number of aromatic nitrogens is 2. The molecule has 2 aromatic rings. The standard InChI is InChI=1S/C14H11ClF2N2S/c1-7-12(15)18-13(8-2-3-8)19-14(7)20-11-5-4-9(16)6-10(11)17/h4-6,8H,2-3H2,1H3. The van der Waals surface area contributed by atoms with Crippen LogP contribution in [0.3, 0.4) is 0 Å². The molecule has 0 bridgehead atoms. The first-order valence-electron chi connectivity index (χ1n) is 6.21. The lowest BCUT2D eigenvalue weighted by Crippen LogP contribution is -1.98. The summed E-state index contributed by atoms with van der Waals surface area (Å²) < 4.78 is 26.6. The SMILES string of the molecule is Cc1c(Cl)nc(C2CC2)nc1Sc1ccc(F)cc1F. The minimum Gasteiger partial charge on any atom is -0.226 e.